The molecule has 3 fully saturated rings. The van der Waals surface area contributed by atoms with E-state index in [9.17, 15) is 14.4 Å². The van der Waals surface area contributed by atoms with Crippen LogP contribution in [0.2, 0.25) is 5.02 Å². The normalized spacial score (nSPS) is 30.8. The molecule has 3 heterocycles. The van der Waals surface area contributed by atoms with E-state index in [0.717, 1.165) is 31.2 Å². The largest absolute Gasteiger partial charge is 0.359 e. The Morgan fingerprint density at radius 2 is 1.82 bits per heavy atom. The monoisotopic (exact) mass is 533 g/mol. The van der Waals surface area contributed by atoms with Crippen LogP contribution in [0.4, 0.5) is 5.69 Å². The van der Waals surface area contributed by atoms with Crippen molar-refractivity contribution in [2.24, 2.45) is 11.8 Å². The Morgan fingerprint density at radius 1 is 1.05 bits per heavy atom. The first-order valence-corrected chi connectivity index (χ1v) is 13.9. The summed E-state index contributed by atoms with van der Waals surface area (Å²) >= 11 is 6.12. The highest BCUT2D eigenvalue weighted by Gasteiger charge is 2.73. The molecule has 6 rings (SSSR count). The van der Waals surface area contributed by atoms with Gasteiger partial charge in [0.1, 0.15) is 11.6 Å². The number of halogens is 1. The first-order valence-electron chi connectivity index (χ1n) is 13.5. The van der Waals surface area contributed by atoms with Crippen molar-refractivity contribution in [3.8, 4) is 0 Å². The van der Waals surface area contributed by atoms with E-state index >= 15 is 0 Å². The number of rotatable bonds is 6. The number of nitrogens with zero attached hydrogens (tertiary/aromatic N) is 1. The van der Waals surface area contributed by atoms with Gasteiger partial charge in [0.25, 0.3) is 0 Å². The van der Waals surface area contributed by atoms with Crippen LogP contribution >= 0.6 is 11.6 Å². The third-order valence-corrected chi connectivity index (χ3v) is 8.84. The molecule has 2 N–H and O–H groups in total. The Labute approximate surface area is 227 Å². The number of ether oxygens (including phenoxy) is 1. The van der Waals surface area contributed by atoms with Gasteiger partial charge < -0.3 is 20.3 Å². The Morgan fingerprint density at radius 3 is 2.55 bits per heavy atom. The number of anilines is 1. The number of hydrogen-bond donors (Lipinski definition) is 2. The molecular formula is C30H32ClN3O4. The van der Waals surface area contributed by atoms with Crippen molar-refractivity contribution in [1.82, 2.24) is 10.2 Å². The van der Waals surface area contributed by atoms with Gasteiger partial charge in [0, 0.05) is 16.8 Å². The van der Waals surface area contributed by atoms with Gasteiger partial charge in [0.05, 0.1) is 24.0 Å². The Hall–Kier alpha value is -3.16. The molecule has 3 amide bonds. The zero-order valence-corrected chi connectivity index (χ0v) is 22.1. The molecule has 1 spiro atoms. The van der Waals surface area contributed by atoms with E-state index in [-0.39, 0.29) is 29.8 Å². The molecule has 2 aromatic rings. The maximum Gasteiger partial charge on any atom is 0.246 e. The fourth-order valence-electron chi connectivity index (χ4n) is 6.83. The molecule has 3 aliphatic heterocycles. The van der Waals surface area contributed by atoms with Crippen LogP contribution in [0.15, 0.2) is 66.7 Å². The topological polar surface area (TPSA) is 87.7 Å². The highest BCUT2D eigenvalue weighted by Crippen LogP contribution is 2.56. The second-order valence-corrected chi connectivity index (χ2v) is 11.3. The quantitative estimate of drug-likeness (QED) is 0.530. The van der Waals surface area contributed by atoms with Gasteiger partial charge in [-0.2, -0.15) is 0 Å². The zero-order chi connectivity index (χ0) is 26.4. The summed E-state index contributed by atoms with van der Waals surface area (Å²) in [7, 11) is 0. The average Bonchev–Trinajstić information content (AvgIpc) is 3.56. The second-order valence-electron chi connectivity index (χ2n) is 10.9. The van der Waals surface area contributed by atoms with Gasteiger partial charge in [-0.3, -0.25) is 14.4 Å². The number of benzene rings is 2. The molecule has 1 saturated carbocycles. The van der Waals surface area contributed by atoms with Gasteiger partial charge in [0.2, 0.25) is 17.7 Å². The molecule has 4 aliphatic rings. The van der Waals surface area contributed by atoms with Crippen LogP contribution in [0.25, 0.3) is 0 Å². The molecule has 2 bridgehead atoms. The van der Waals surface area contributed by atoms with Crippen LogP contribution in [0.3, 0.4) is 0 Å². The summed E-state index contributed by atoms with van der Waals surface area (Å²) in [5.41, 5.74) is 0.279. The predicted molar refractivity (Wildman–Crippen MR) is 144 cm³/mol. The van der Waals surface area contributed by atoms with Crippen molar-refractivity contribution in [2.45, 2.75) is 68.9 Å². The fraction of sp³-hybridized carbons (Fsp3) is 0.433. The van der Waals surface area contributed by atoms with Crippen molar-refractivity contribution >= 4 is 35.0 Å². The lowest BCUT2D eigenvalue weighted by atomic mass is 9.74. The van der Waals surface area contributed by atoms with Crippen molar-refractivity contribution in [1.29, 1.82) is 0 Å². The SMILES string of the molecule is CC(c1ccccc1)N1C(=O)[C@@H]2C(C(=O)Nc3cccc(Cl)c3)[C@@H]3C=CC2(O3)C1C(=O)NC1CCCCC1. The Kier molecular flexibility index (Phi) is 6.52. The van der Waals surface area contributed by atoms with Crippen LogP contribution in [-0.2, 0) is 19.1 Å². The van der Waals surface area contributed by atoms with E-state index in [1.165, 1.54) is 6.42 Å². The second kappa shape index (κ2) is 9.86. The average molecular weight is 534 g/mol. The van der Waals surface area contributed by atoms with Gasteiger partial charge in [-0.1, -0.05) is 79.4 Å². The number of fused-ring (bicyclic) bond motifs is 1. The van der Waals surface area contributed by atoms with Gasteiger partial charge in [-0.05, 0) is 43.5 Å². The van der Waals surface area contributed by atoms with E-state index < -0.39 is 29.6 Å². The lowest BCUT2D eigenvalue weighted by Crippen LogP contribution is -2.56. The predicted octanol–water partition coefficient (Wildman–Crippen LogP) is 4.64. The van der Waals surface area contributed by atoms with Gasteiger partial charge in [-0.25, -0.2) is 0 Å². The number of amides is 3. The first-order chi connectivity index (χ1) is 18.4. The minimum absolute atomic E-state index is 0.0835. The molecule has 198 valence electrons. The zero-order valence-electron chi connectivity index (χ0n) is 21.3. The lowest BCUT2D eigenvalue weighted by Gasteiger charge is -2.37. The molecule has 0 radical (unpaired) electrons. The summed E-state index contributed by atoms with van der Waals surface area (Å²) in [5, 5.41) is 6.65. The van der Waals surface area contributed by atoms with Crippen LogP contribution in [-0.4, -0.2) is 46.4 Å². The summed E-state index contributed by atoms with van der Waals surface area (Å²) < 4.78 is 6.47. The van der Waals surface area contributed by atoms with Crippen LogP contribution in [0.5, 0.6) is 0 Å². The molecule has 0 aromatic heterocycles. The third-order valence-electron chi connectivity index (χ3n) is 8.61. The summed E-state index contributed by atoms with van der Waals surface area (Å²) in [6, 6.07) is 15.4. The highest BCUT2D eigenvalue weighted by atomic mass is 35.5. The number of carbonyl (C=O) groups excluding carboxylic acids is 3. The standard InChI is InChI=1S/C30H32ClN3O4/c1-18(19-9-4-2-5-10-19)34-26(28(36)32-21-12-6-3-7-13-21)30-16-15-23(38-30)24(25(30)29(34)37)27(35)33-22-14-8-11-20(31)17-22/h2,4-5,8-11,14-18,21,23-26H,3,6-7,12-13H2,1H3,(H,32,36)(H,33,35)/t18?,23-,24?,25-,26?,30?/m0/s1. The van der Waals surface area contributed by atoms with E-state index in [4.69, 9.17) is 16.3 Å². The molecular weight excluding hydrogens is 502 g/mol. The smallest absolute Gasteiger partial charge is 0.246 e. The molecule has 2 saturated heterocycles. The number of carbonyl (C=O) groups is 3. The number of nitrogens with one attached hydrogen (secondary N) is 2. The van der Waals surface area contributed by atoms with Gasteiger partial charge in [-0.15, -0.1) is 0 Å². The van der Waals surface area contributed by atoms with Crippen molar-refractivity contribution in [3.05, 3.63) is 77.3 Å². The minimum atomic E-state index is -1.19. The molecule has 1 aliphatic carbocycles. The van der Waals surface area contributed by atoms with Crippen molar-refractivity contribution in [3.63, 3.8) is 0 Å². The van der Waals surface area contributed by atoms with Crippen molar-refractivity contribution < 1.29 is 19.1 Å². The van der Waals surface area contributed by atoms with Crippen LogP contribution in [0, 0.1) is 11.8 Å². The Bertz CT molecular complexity index is 1280. The lowest BCUT2D eigenvalue weighted by molar-refractivity contribution is -0.143. The summed E-state index contributed by atoms with van der Waals surface area (Å²) in [4.78, 5) is 43.5. The summed E-state index contributed by atoms with van der Waals surface area (Å²) in [5.74, 6) is -2.32. The van der Waals surface area contributed by atoms with Gasteiger partial charge >= 0.3 is 0 Å². The number of hydrogen-bond acceptors (Lipinski definition) is 4. The van der Waals surface area contributed by atoms with E-state index in [1.807, 2.05) is 49.4 Å². The van der Waals surface area contributed by atoms with Crippen LogP contribution < -0.4 is 10.6 Å². The number of likely N-dealkylation sites (tertiary alicyclic amines) is 1. The Balaban J connectivity index is 1.35. The highest BCUT2D eigenvalue weighted by molar-refractivity contribution is 6.30. The van der Waals surface area contributed by atoms with Crippen molar-refractivity contribution in [2.75, 3.05) is 5.32 Å². The van der Waals surface area contributed by atoms with E-state index in [0.29, 0.717) is 10.7 Å². The maximum absolute atomic E-state index is 14.2. The molecule has 6 atom stereocenters. The molecule has 8 heteroatoms. The van der Waals surface area contributed by atoms with E-state index in [1.54, 1.807) is 29.2 Å². The summed E-state index contributed by atoms with van der Waals surface area (Å²) in [6.45, 7) is 1.93. The summed E-state index contributed by atoms with van der Waals surface area (Å²) in [6.07, 6.45) is 8.31. The molecule has 7 nitrogen and oxygen atoms in total. The molecule has 38 heavy (non-hydrogen) atoms. The maximum atomic E-state index is 14.2. The minimum Gasteiger partial charge on any atom is -0.359 e. The molecule has 4 unspecified atom stereocenters. The van der Waals surface area contributed by atoms with Crippen LogP contribution in [0.1, 0.15) is 50.6 Å². The third kappa shape index (κ3) is 4.12. The van der Waals surface area contributed by atoms with E-state index in [2.05, 4.69) is 10.6 Å². The first kappa shape index (κ1) is 25.1. The molecule has 2 aromatic carbocycles. The fourth-order valence-corrected chi connectivity index (χ4v) is 7.02. The van der Waals surface area contributed by atoms with Gasteiger partial charge in [0.15, 0.2) is 0 Å².